The average Bonchev–Trinajstić information content (AvgIpc) is 2.70. The maximum absolute atomic E-state index is 13.3. The summed E-state index contributed by atoms with van der Waals surface area (Å²) in [4.78, 5) is 13.7. The maximum atomic E-state index is 13.3. The summed E-state index contributed by atoms with van der Waals surface area (Å²) < 4.78 is 31.6. The topological polar surface area (TPSA) is 41.6 Å². The Kier molecular flexibility index (Phi) is 4.67. The van der Waals surface area contributed by atoms with Crippen molar-refractivity contribution in [3.8, 4) is 0 Å². The van der Waals surface area contributed by atoms with Crippen molar-refractivity contribution in [3.05, 3.63) is 35.4 Å². The fraction of sp³-hybridized carbons (Fsp3) is 0.500. The first-order valence-electron chi connectivity index (χ1n) is 6.63. The van der Waals surface area contributed by atoms with Crippen LogP contribution in [0.4, 0.5) is 8.78 Å². The van der Waals surface area contributed by atoms with Crippen LogP contribution >= 0.6 is 0 Å². The Morgan fingerprint density at radius 3 is 2.75 bits per heavy atom. The highest BCUT2D eigenvalue weighted by atomic mass is 19.2. The smallest absolute Gasteiger partial charge is 0.241 e. The number of rotatable bonds is 5. The number of hydrogen-bond acceptors (Lipinski definition) is 3. The summed E-state index contributed by atoms with van der Waals surface area (Å²) >= 11 is 0. The Labute approximate surface area is 116 Å². The first kappa shape index (κ1) is 14.9. The molecule has 20 heavy (non-hydrogen) atoms. The quantitative estimate of drug-likeness (QED) is 0.839. The van der Waals surface area contributed by atoms with Crippen molar-refractivity contribution in [2.24, 2.45) is 0 Å². The van der Waals surface area contributed by atoms with Gasteiger partial charge in [-0.2, -0.15) is 0 Å². The van der Waals surface area contributed by atoms with Gasteiger partial charge in [0.1, 0.15) is 6.17 Å². The summed E-state index contributed by atoms with van der Waals surface area (Å²) in [6.07, 6.45) is -0.451. The summed E-state index contributed by atoms with van der Waals surface area (Å²) in [5.74, 6) is -1.88. The Hall–Kier alpha value is -1.53. The SMILES string of the molecule is CCOCCN1C(=O)C(C)NC1c1ccc(F)c(F)c1. The van der Waals surface area contributed by atoms with Crippen LogP contribution < -0.4 is 5.32 Å². The van der Waals surface area contributed by atoms with E-state index in [1.165, 1.54) is 6.07 Å². The zero-order chi connectivity index (χ0) is 14.7. The number of hydrogen-bond donors (Lipinski definition) is 1. The van der Waals surface area contributed by atoms with Crippen LogP contribution in [0.5, 0.6) is 0 Å². The van der Waals surface area contributed by atoms with E-state index < -0.39 is 17.8 Å². The zero-order valence-electron chi connectivity index (χ0n) is 11.5. The number of nitrogens with zero attached hydrogens (tertiary/aromatic N) is 1. The molecule has 0 radical (unpaired) electrons. The number of carbonyl (C=O) groups excluding carboxylic acids is 1. The van der Waals surface area contributed by atoms with E-state index in [4.69, 9.17) is 4.74 Å². The van der Waals surface area contributed by atoms with E-state index in [-0.39, 0.29) is 11.9 Å². The Morgan fingerprint density at radius 1 is 1.35 bits per heavy atom. The molecule has 2 rings (SSSR count). The van der Waals surface area contributed by atoms with E-state index in [9.17, 15) is 13.6 Å². The van der Waals surface area contributed by atoms with Crippen molar-refractivity contribution in [3.63, 3.8) is 0 Å². The molecule has 110 valence electrons. The number of amides is 1. The van der Waals surface area contributed by atoms with Crippen LogP contribution in [0.1, 0.15) is 25.6 Å². The maximum Gasteiger partial charge on any atom is 0.241 e. The van der Waals surface area contributed by atoms with Gasteiger partial charge in [0.2, 0.25) is 5.91 Å². The molecule has 2 atom stereocenters. The predicted molar refractivity (Wildman–Crippen MR) is 69.9 cm³/mol. The lowest BCUT2D eigenvalue weighted by molar-refractivity contribution is -0.130. The molecule has 4 nitrogen and oxygen atoms in total. The van der Waals surface area contributed by atoms with Gasteiger partial charge < -0.3 is 9.64 Å². The number of benzene rings is 1. The van der Waals surface area contributed by atoms with Crippen LogP contribution in [-0.4, -0.2) is 36.6 Å². The minimum Gasteiger partial charge on any atom is -0.380 e. The van der Waals surface area contributed by atoms with Gasteiger partial charge in [0, 0.05) is 13.2 Å². The fourth-order valence-electron chi connectivity index (χ4n) is 2.28. The van der Waals surface area contributed by atoms with Crippen LogP contribution in [-0.2, 0) is 9.53 Å². The monoisotopic (exact) mass is 284 g/mol. The number of halogens is 2. The molecule has 0 saturated carbocycles. The first-order valence-corrected chi connectivity index (χ1v) is 6.63. The molecule has 0 aromatic heterocycles. The van der Waals surface area contributed by atoms with E-state index in [1.54, 1.807) is 11.8 Å². The molecule has 1 saturated heterocycles. The first-order chi connectivity index (χ1) is 9.54. The number of nitrogens with one attached hydrogen (secondary N) is 1. The van der Waals surface area contributed by atoms with Gasteiger partial charge in [-0.3, -0.25) is 10.1 Å². The normalized spacial score (nSPS) is 22.6. The molecular formula is C14H18F2N2O2. The van der Waals surface area contributed by atoms with Gasteiger partial charge in [0.25, 0.3) is 0 Å². The second-order valence-corrected chi connectivity index (χ2v) is 4.69. The second kappa shape index (κ2) is 6.28. The number of carbonyl (C=O) groups is 1. The van der Waals surface area contributed by atoms with Gasteiger partial charge in [0.15, 0.2) is 11.6 Å². The van der Waals surface area contributed by atoms with E-state index in [2.05, 4.69) is 5.32 Å². The molecule has 1 heterocycles. The van der Waals surface area contributed by atoms with Gasteiger partial charge in [0.05, 0.1) is 12.6 Å². The third-order valence-electron chi connectivity index (χ3n) is 3.31. The van der Waals surface area contributed by atoms with Crippen LogP contribution in [0.3, 0.4) is 0 Å². The highest BCUT2D eigenvalue weighted by Gasteiger charge is 2.36. The molecule has 2 unspecified atom stereocenters. The van der Waals surface area contributed by atoms with Crippen LogP contribution in [0.15, 0.2) is 18.2 Å². The van der Waals surface area contributed by atoms with Crippen molar-refractivity contribution >= 4 is 5.91 Å². The van der Waals surface area contributed by atoms with E-state index in [1.807, 2.05) is 6.92 Å². The minimum absolute atomic E-state index is 0.0700. The lowest BCUT2D eigenvalue weighted by Gasteiger charge is -2.24. The molecular weight excluding hydrogens is 266 g/mol. The van der Waals surface area contributed by atoms with Crippen molar-refractivity contribution < 1.29 is 18.3 Å². The Morgan fingerprint density at radius 2 is 2.10 bits per heavy atom. The largest absolute Gasteiger partial charge is 0.380 e. The molecule has 1 aromatic rings. The van der Waals surface area contributed by atoms with Crippen LogP contribution in [0, 0.1) is 11.6 Å². The van der Waals surface area contributed by atoms with Crippen molar-refractivity contribution in [1.29, 1.82) is 0 Å². The molecule has 0 spiro atoms. The van der Waals surface area contributed by atoms with Gasteiger partial charge in [-0.05, 0) is 31.5 Å². The standard InChI is InChI=1S/C14H18F2N2O2/c1-3-20-7-6-18-13(17-9(2)14(18)19)10-4-5-11(15)12(16)8-10/h4-5,8-9,13,17H,3,6-7H2,1-2H3. The van der Waals surface area contributed by atoms with Crippen LogP contribution in [0.2, 0.25) is 0 Å². The minimum atomic E-state index is -0.916. The molecule has 1 aliphatic rings. The zero-order valence-corrected chi connectivity index (χ0v) is 11.5. The Bertz CT molecular complexity index is 496. The highest BCUT2D eigenvalue weighted by Crippen LogP contribution is 2.26. The third-order valence-corrected chi connectivity index (χ3v) is 3.31. The lowest BCUT2D eigenvalue weighted by Crippen LogP contribution is -2.33. The Balaban J connectivity index is 2.18. The molecule has 1 amide bonds. The molecule has 1 fully saturated rings. The van der Waals surface area contributed by atoms with Gasteiger partial charge in [-0.1, -0.05) is 6.07 Å². The van der Waals surface area contributed by atoms with Gasteiger partial charge in [-0.25, -0.2) is 8.78 Å². The summed E-state index contributed by atoms with van der Waals surface area (Å²) in [6, 6.07) is 3.32. The average molecular weight is 284 g/mol. The predicted octanol–water partition coefficient (Wildman–Crippen LogP) is 1.82. The fourth-order valence-corrected chi connectivity index (χ4v) is 2.28. The van der Waals surface area contributed by atoms with E-state index >= 15 is 0 Å². The number of ether oxygens (including phenoxy) is 1. The molecule has 1 aliphatic heterocycles. The third kappa shape index (κ3) is 2.96. The molecule has 0 bridgehead atoms. The molecule has 6 heteroatoms. The van der Waals surface area contributed by atoms with Crippen LogP contribution in [0.25, 0.3) is 0 Å². The summed E-state index contributed by atoms with van der Waals surface area (Å²) in [6.45, 7) is 5.01. The van der Waals surface area contributed by atoms with Crippen molar-refractivity contribution in [2.45, 2.75) is 26.1 Å². The van der Waals surface area contributed by atoms with Crippen molar-refractivity contribution in [1.82, 2.24) is 10.2 Å². The van der Waals surface area contributed by atoms with Gasteiger partial charge >= 0.3 is 0 Å². The molecule has 1 aromatic carbocycles. The second-order valence-electron chi connectivity index (χ2n) is 4.69. The lowest BCUT2D eigenvalue weighted by atomic mass is 10.1. The molecule has 1 N–H and O–H groups in total. The summed E-state index contributed by atoms with van der Waals surface area (Å²) in [5.41, 5.74) is 0.526. The summed E-state index contributed by atoms with van der Waals surface area (Å²) in [5, 5.41) is 3.08. The molecule has 0 aliphatic carbocycles. The van der Waals surface area contributed by atoms with Crippen molar-refractivity contribution in [2.75, 3.05) is 19.8 Å². The van der Waals surface area contributed by atoms with E-state index in [0.29, 0.717) is 25.3 Å². The van der Waals surface area contributed by atoms with Gasteiger partial charge in [-0.15, -0.1) is 0 Å². The van der Waals surface area contributed by atoms with E-state index in [0.717, 1.165) is 12.1 Å². The highest BCUT2D eigenvalue weighted by molar-refractivity contribution is 5.84. The summed E-state index contributed by atoms with van der Waals surface area (Å²) in [7, 11) is 0.